The monoisotopic (exact) mass is 218 g/mol. The molecule has 2 heteroatoms. The van der Waals surface area contributed by atoms with Crippen LogP contribution in [0.15, 0.2) is 21.3 Å². The Hall–Kier alpha value is -0.920. The molecule has 2 aliphatic rings. The van der Waals surface area contributed by atoms with Gasteiger partial charge in [0, 0.05) is 30.0 Å². The van der Waals surface area contributed by atoms with E-state index in [1.165, 1.54) is 17.0 Å². The van der Waals surface area contributed by atoms with E-state index in [0.717, 1.165) is 6.42 Å². The van der Waals surface area contributed by atoms with Crippen LogP contribution in [0.3, 0.4) is 0 Å². The van der Waals surface area contributed by atoms with Crippen molar-refractivity contribution in [3.63, 3.8) is 0 Å². The molecule has 0 aromatic heterocycles. The van der Waals surface area contributed by atoms with Gasteiger partial charge in [0.1, 0.15) is 0 Å². The van der Waals surface area contributed by atoms with Crippen LogP contribution in [0.5, 0.6) is 0 Å². The van der Waals surface area contributed by atoms with Gasteiger partial charge >= 0.3 is 0 Å². The third-order valence-corrected chi connectivity index (χ3v) is 4.11. The molecule has 0 radical (unpaired) electrons. The Kier molecular flexibility index (Phi) is 3.00. The summed E-state index contributed by atoms with van der Waals surface area (Å²) in [5, 5.41) is 0. The maximum Gasteiger partial charge on any atom is 0.0571 e. The molecule has 3 atom stereocenters. The van der Waals surface area contributed by atoms with Gasteiger partial charge in [-0.15, -0.1) is 0 Å². The fourth-order valence-corrected chi connectivity index (χ4v) is 2.54. The molecule has 2 heterocycles. The summed E-state index contributed by atoms with van der Waals surface area (Å²) in [6.07, 6.45) is 3.20. The van der Waals surface area contributed by atoms with Crippen molar-refractivity contribution in [2.24, 2.45) is 27.7 Å². The molecule has 0 saturated heterocycles. The Morgan fingerprint density at radius 2 is 2.00 bits per heavy atom. The lowest BCUT2D eigenvalue weighted by Gasteiger charge is -2.34. The highest BCUT2D eigenvalue weighted by Gasteiger charge is 2.32. The van der Waals surface area contributed by atoms with E-state index in [9.17, 15) is 0 Å². The van der Waals surface area contributed by atoms with Gasteiger partial charge in [0.05, 0.1) is 6.04 Å². The summed E-state index contributed by atoms with van der Waals surface area (Å²) in [6, 6.07) is 0.438. The van der Waals surface area contributed by atoms with Crippen molar-refractivity contribution >= 4 is 11.9 Å². The molecule has 0 fully saturated rings. The quantitative estimate of drug-likeness (QED) is 0.643. The maximum atomic E-state index is 4.77. The standard InChI is InChI=1S/C14H22N2/c1-8(2)13-6-14-12(7-15-13)10(4)9(3)11(5)16-14/h7-8,10,12-13H,6H2,1-5H3. The summed E-state index contributed by atoms with van der Waals surface area (Å²) in [6.45, 7) is 11.1. The fraction of sp³-hybridized carbons (Fsp3) is 0.714. The molecule has 3 unspecified atom stereocenters. The molecule has 2 nitrogen and oxygen atoms in total. The van der Waals surface area contributed by atoms with Crippen LogP contribution in [0.2, 0.25) is 0 Å². The minimum atomic E-state index is 0.438. The molecule has 0 aromatic rings. The van der Waals surface area contributed by atoms with Crippen LogP contribution < -0.4 is 0 Å². The summed E-state index contributed by atoms with van der Waals surface area (Å²) in [7, 11) is 0. The van der Waals surface area contributed by atoms with Crippen molar-refractivity contribution in [2.75, 3.05) is 0 Å². The average Bonchev–Trinajstić information content (AvgIpc) is 2.25. The molecule has 0 bridgehead atoms. The van der Waals surface area contributed by atoms with Crippen LogP contribution >= 0.6 is 0 Å². The van der Waals surface area contributed by atoms with Gasteiger partial charge in [-0.05, 0) is 31.3 Å². The predicted molar refractivity (Wildman–Crippen MR) is 70.2 cm³/mol. The van der Waals surface area contributed by atoms with Crippen LogP contribution in [-0.2, 0) is 0 Å². The third-order valence-electron chi connectivity index (χ3n) is 4.11. The lowest BCUT2D eigenvalue weighted by atomic mass is 9.78. The molecule has 0 amide bonds. The Labute approximate surface area is 98.6 Å². The first-order valence-corrected chi connectivity index (χ1v) is 6.28. The van der Waals surface area contributed by atoms with Crippen LogP contribution in [-0.4, -0.2) is 18.0 Å². The zero-order chi connectivity index (χ0) is 11.9. The zero-order valence-corrected chi connectivity index (χ0v) is 11.0. The Morgan fingerprint density at radius 1 is 1.31 bits per heavy atom. The van der Waals surface area contributed by atoms with E-state index in [0.29, 0.717) is 23.8 Å². The molecular formula is C14H22N2. The van der Waals surface area contributed by atoms with Crippen LogP contribution in [0.4, 0.5) is 0 Å². The van der Waals surface area contributed by atoms with Crippen molar-refractivity contribution in [3.8, 4) is 0 Å². The summed E-state index contributed by atoms with van der Waals surface area (Å²) in [4.78, 5) is 9.47. The van der Waals surface area contributed by atoms with E-state index in [2.05, 4.69) is 40.8 Å². The van der Waals surface area contributed by atoms with Crippen molar-refractivity contribution in [2.45, 2.75) is 47.1 Å². The molecule has 0 N–H and O–H groups in total. The molecular weight excluding hydrogens is 196 g/mol. The first-order valence-electron chi connectivity index (χ1n) is 6.28. The smallest absolute Gasteiger partial charge is 0.0571 e. The Bertz CT molecular complexity index is 374. The minimum Gasteiger partial charge on any atom is -0.293 e. The highest BCUT2D eigenvalue weighted by Crippen LogP contribution is 2.33. The topological polar surface area (TPSA) is 24.7 Å². The van der Waals surface area contributed by atoms with Crippen molar-refractivity contribution in [3.05, 3.63) is 11.3 Å². The SMILES string of the molecule is CC1=C(C)C(C)C2C=NC(C(C)C)CC2=N1. The summed E-state index contributed by atoms with van der Waals surface area (Å²) in [5.41, 5.74) is 3.99. The Morgan fingerprint density at radius 3 is 2.62 bits per heavy atom. The second-order valence-electron chi connectivity index (χ2n) is 5.50. The van der Waals surface area contributed by atoms with Gasteiger partial charge in [0.25, 0.3) is 0 Å². The van der Waals surface area contributed by atoms with Crippen LogP contribution in [0.25, 0.3) is 0 Å². The van der Waals surface area contributed by atoms with Gasteiger partial charge in [-0.1, -0.05) is 20.8 Å². The average molecular weight is 218 g/mol. The number of allylic oxidation sites excluding steroid dienone is 2. The molecule has 0 aliphatic carbocycles. The minimum absolute atomic E-state index is 0.438. The van der Waals surface area contributed by atoms with Crippen LogP contribution in [0.1, 0.15) is 41.0 Å². The summed E-state index contributed by atoms with van der Waals surface area (Å²) < 4.78 is 0. The number of hydrogen-bond acceptors (Lipinski definition) is 2. The summed E-state index contributed by atoms with van der Waals surface area (Å²) >= 11 is 0. The molecule has 0 aromatic carbocycles. The number of aliphatic imine (C=N–C) groups is 2. The number of nitrogens with zero attached hydrogens (tertiary/aromatic N) is 2. The summed E-state index contributed by atoms with van der Waals surface area (Å²) in [5.74, 6) is 1.64. The molecule has 2 aliphatic heterocycles. The lowest BCUT2D eigenvalue weighted by molar-refractivity contribution is 0.480. The molecule has 2 rings (SSSR count). The van der Waals surface area contributed by atoms with Crippen molar-refractivity contribution < 1.29 is 0 Å². The second kappa shape index (κ2) is 4.15. The van der Waals surface area contributed by atoms with Gasteiger partial charge in [0.15, 0.2) is 0 Å². The van der Waals surface area contributed by atoms with Gasteiger partial charge in [-0.2, -0.15) is 0 Å². The van der Waals surface area contributed by atoms with Crippen molar-refractivity contribution in [1.82, 2.24) is 0 Å². The maximum absolute atomic E-state index is 4.77. The van der Waals surface area contributed by atoms with Gasteiger partial charge < -0.3 is 0 Å². The number of rotatable bonds is 1. The van der Waals surface area contributed by atoms with E-state index < -0.39 is 0 Å². The molecule has 0 spiro atoms. The van der Waals surface area contributed by atoms with E-state index in [1.54, 1.807) is 0 Å². The zero-order valence-electron chi connectivity index (χ0n) is 11.0. The third kappa shape index (κ3) is 1.85. The largest absolute Gasteiger partial charge is 0.293 e. The highest BCUT2D eigenvalue weighted by atomic mass is 14.9. The van der Waals surface area contributed by atoms with E-state index in [4.69, 9.17) is 9.98 Å². The van der Waals surface area contributed by atoms with Gasteiger partial charge in [0.2, 0.25) is 0 Å². The second-order valence-corrected chi connectivity index (χ2v) is 5.50. The normalized spacial score (nSPS) is 34.1. The highest BCUT2D eigenvalue weighted by molar-refractivity contribution is 6.02. The molecule has 88 valence electrons. The van der Waals surface area contributed by atoms with Crippen molar-refractivity contribution in [1.29, 1.82) is 0 Å². The van der Waals surface area contributed by atoms with Crippen LogP contribution in [0, 0.1) is 17.8 Å². The molecule has 0 saturated carbocycles. The lowest BCUT2D eigenvalue weighted by Crippen LogP contribution is -2.35. The number of hydrogen-bond donors (Lipinski definition) is 0. The van der Waals surface area contributed by atoms with E-state index in [-0.39, 0.29) is 0 Å². The first kappa shape index (κ1) is 11.6. The van der Waals surface area contributed by atoms with E-state index >= 15 is 0 Å². The Balaban J connectivity index is 2.30. The number of fused-ring (bicyclic) bond motifs is 1. The van der Waals surface area contributed by atoms with Gasteiger partial charge in [-0.25, -0.2) is 0 Å². The van der Waals surface area contributed by atoms with Gasteiger partial charge in [-0.3, -0.25) is 9.98 Å². The first-order chi connectivity index (χ1) is 7.50. The predicted octanol–water partition coefficient (Wildman–Crippen LogP) is 3.49. The molecule has 16 heavy (non-hydrogen) atoms. The van der Waals surface area contributed by atoms with E-state index in [1.807, 2.05) is 0 Å². The fourth-order valence-electron chi connectivity index (χ4n) is 2.54.